The largest absolute Gasteiger partial charge is 0.349 e. The van der Waals surface area contributed by atoms with Gasteiger partial charge in [0.05, 0.1) is 23.1 Å². The molecule has 0 aliphatic carbocycles. The lowest BCUT2D eigenvalue weighted by atomic mass is 9.93. The van der Waals surface area contributed by atoms with E-state index in [4.69, 9.17) is 16.6 Å². The quantitative estimate of drug-likeness (QED) is 0.466. The third-order valence-electron chi connectivity index (χ3n) is 5.20. The van der Waals surface area contributed by atoms with E-state index in [1.54, 1.807) is 0 Å². The lowest BCUT2D eigenvalue weighted by Gasteiger charge is -2.33. The molecule has 3 aromatic carbocycles. The van der Waals surface area contributed by atoms with Crippen molar-refractivity contribution in [3.05, 3.63) is 94.8 Å². The van der Waals surface area contributed by atoms with Crippen LogP contribution in [-0.2, 0) is 0 Å². The van der Waals surface area contributed by atoms with E-state index in [1.807, 2.05) is 54.6 Å². The van der Waals surface area contributed by atoms with Crippen molar-refractivity contribution in [3.8, 4) is 0 Å². The molecule has 0 fully saturated rings. The normalized spacial score (nSPS) is 18.9. The van der Waals surface area contributed by atoms with Crippen LogP contribution in [0.2, 0.25) is 5.02 Å². The van der Waals surface area contributed by atoms with Crippen LogP contribution in [0.5, 0.6) is 0 Å². The molecule has 0 radical (unpaired) electrons. The minimum atomic E-state index is -0.224. The molecule has 2 atom stereocenters. The van der Waals surface area contributed by atoms with E-state index < -0.39 is 0 Å². The summed E-state index contributed by atoms with van der Waals surface area (Å²) >= 11 is 6.05. The fraction of sp³-hybridized carbons (Fsp3) is 0.136. The molecule has 134 valence electrons. The van der Waals surface area contributed by atoms with Crippen molar-refractivity contribution in [1.29, 1.82) is 0 Å². The average Bonchev–Trinajstić information content (AvgIpc) is 3.07. The van der Waals surface area contributed by atoms with Crippen LogP contribution in [0.1, 0.15) is 29.6 Å². The Labute approximate surface area is 161 Å². The van der Waals surface area contributed by atoms with Gasteiger partial charge >= 0.3 is 0 Å². The minimum Gasteiger partial charge on any atom is -0.349 e. The van der Waals surface area contributed by atoms with E-state index in [0.717, 1.165) is 39.6 Å². The van der Waals surface area contributed by atoms with E-state index in [2.05, 4.69) is 16.0 Å². The summed E-state index contributed by atoms with van der Waals surface area (Å²) in [5.41, 5.74) is 4.25. The molecule has 5 rings (SSSR count). The van der Waals surface area contributed by atoms with Crippen molar-refractivity contribution in [2.75, 3.05) is 5.32 Å². The lowest BCUT2D eigenvalue weighted by Crippen LogP contribution is -2.27. The number of halogens is 2. The smallest absolute Gasteiger partial charge is 0.204 e. The van der Waals surface area contributed by atoms with Gasteiger partial charge < -0.3 is 9.88 Å². The van der Waals surface area contributed by atoms with Crippen LogP contribution in [0.25, 0.3) is 11.0 Å². The molecule has 1 aromatic heterocycles. The van der Waals surface area contributed by atoms with Crippen LogP contribution < -0.4 is 5.32 Å². The molecule has 0 amide bonds. The van der Waals surface area contributed by atoms with Crippen molar-refractivity contribution in [2.45, 2.75) is 18.5 Å². The van der Waals surface area contributed by atoms with E-state index in [0.29, 0.717) is 0 Å². The SMILES string of the molecule is Fc1ccc([C@@H]2C[C@@H](c3ccc(Cl)cc3)Nc3nc4ccccc4n32)cc1. The number of imidazole rings is 1. The predicted octanol–water partition coefficient (Wildman–Crippen LogP) is 5.98. The topological polar surface area (TPSA) is 29.9 Å². The number of benzene rings is 3. The zero-order chi connectivity index (χ0) is 18.4. The zero-order valence-electron chi connectivity index (χ0n) is 14.4. The summed E-state index contributed by atoms with van der Waals surface area (Å²) in [6.45, 7) is 0. The molecule has 0 bridgehead atoms. The van der Waals surface area contributed by atoms with E-state index in [-0.39, 0.29) is 17.9 Å². The number of para-hydroxylation sites is 2. The van der Waals surface area contributed by atoms with Crippen molar-refractivity contribution in [1.82, 2.24) is 9.55 Å². The van der Waals surface area contributed by atoms with Gasteiger partial charge in [-0.1, -0.05) is 48.0 Å². The van der Waals surface area contributed by atoms with Crippen LogP contribution in [-0.4, -0.2) is 9.55 Å². The molecule has 3 nitrogen and oxygen atoms in total. The zero-order valence-corrected chi connectivity index (χ0v) is 15.2. The molecule has 1 N–H and O–H groups in total. The number of aromatic nitrogens is 2. The van der Waals surface area contributed by atoms with Crippen molar-refractivity contribution >= 4 is 28.6 Å². The van der Waals surface area contributed by atoms with E-state index in [1.165, 1.54) is 12.1 Å². The number of fused-ring (bicyclic) bond motifs is 3. The minimum absolute atomic E-state index is 0.0647. The van der Waals surface area contributed by atoms with Crippen molar-refractivity contribution < 1.29 is 4.39 Å². The van der Waals surface area contributed by atoms with Gasteiger partial charge in [0.25, 0.3) is 0 Å². The van der Waals surface area contributed by atoms with E-state index in [9.17, 15) is 4.39 Å². The Kier molecular flexibility index (Phi) is 3.87. The molecule has 0 saturated carbocycles. The van der Waals surface area contributed by atoms with Gasteiger partial charge in [0.15, 0.2) is 0 Å². The maximum atomic E-state index is 13.5. The first-order valence-corrected chi connectivity index (χ1v) is 9.31. The van der Waals surface area contributed by atoms with Gasteiger partial charge in [-0.05, 0) is 53.9 Å². The average molecular weight is 378 g/mol. The van der Waals surface area contributed by atoms with Gasteiger partial charge in [-0.15, -0.1) is 0 Å². The summed E-state index contributed by atoms with van der Waals surface area (Å²) in [6, 6.07) is 22.9. The molecule has 27 heavy (non-hydrogen) atoms. The highest BCUT2D eigenvalue weighted by atomic mass is 35.5. The summed E-state index contributed by atoms with van der Waals surface area (Å²) in [7, 11) is 0. The third-order valence-corrected chi connectivity index (χ3v) is 5.45. The first kappa shape index (κ1) is 16.3. The lowest BCUT2D eigenvalue weighted by molar-refractivity contribution is 0.476. The molecular weight excluding hydrogens is 361 g/mol. The fourth-order valence-electron chi connectivity index (χ4n) is 3.89. The number of hydrogen-bond acceptors (Lipinski definition) is 2. The van der Waals surface area contributed by atoms with Gasteiger partial charge in [0.2, 0.25) is 5.95 Å². The Bertz CT molecular complexity index is 1100. The Morgan fingerprint density at radius 2 is 1.63 bits per heavy atom. The molecule has 4 aromatic rings. The van der Waals surface area contributed by atoms with Gasteiger partial charge in [-0.2, -0.15) is 0 Å². The summed E-state index contributed by atoms with van der Waals surface area (Å²) in [6.07, 6.45) is 0.834. The Morgan fingerprint density at radius 3 is 2.41 bits per heavy atom. The van der Waals surface area contributed by atoms with Crippen LogP contribution in [0.3, 0.4) is 0 Å². The Hall–Kier alpha value is -2.85. The number of nitrogens with zero attached hydrogens (tertiary/aromatic N) is 2. The summed E-state index contributed by atoms with van der Waals surface area (Å²) in [5, 5.41) is 4.29. The first-order valence-electron chi connectivity index (χ1n) is 8.93. The van der Waals surface area contributed by atoms with Crippen LogP contribution in [0.15, 0.2) is 72.8 Å². The van der Waals surface area contributed by atoms with Crippen LogP contribution >= 0.6 is 11.6 Å². The second kappa shape index (κ2) is 6.39. The predicted molar refractivity (Wildman–Crippen MR) is 107 cm³/mol. The molecule has 0 saturated heterocycles. The monoisotopic (exact) mass is 377 g/mol. The molecule has 0 spiro atoms. The molecule has 2 heterocycles. The van der Waals surface area contributed by atoms with Gasteiger partial charge in [-0.25, -0.2) is 9.37 Å². The van der Waals surface area contributed by atoms with Crippen molar-refractivity contribution in [2.24, 2.45) is 0 Å². The maximum absolute atomic E-state index is 13.5. The second-order valence-corrected chi connectivity index (χ2v) is 7.28. The van der Waals surface area contributed by atoms with Gasteiger partial charge in [-0.3, -0.25) is 0 Å². The third kappa shape index (κ3) is 2.86. The Morgan fingerprint density at radius 1 is 0.926 bits per heavy atom. The molecule has 0 unspecified atom stereocenters. The number of anilines is 1. The fourth-order valence-corrected chi connectivity index (χ4v) is 4.02. The number of rotatable bonds is 2. The number of hydrogen-bond donors (Lipinski definition) is 1. The van der Waals surface area contributed by atoms with Crippen molar-refractivity contribution in [3.63, 3.8) is 0 Å². The molecule has 1 aliphatic rings. The standard InChI is InChI=1S/C22H17ClFN3/c23-16-9-5-14(6-10-16)19-13-21(15-7-11-17(24)12-8-15)27-20-4-2-1-3-18(20)25-22(27)26-19/h1-12,19,21H,13H2,(H,25,26)/t19-,21-/m0/s1. The molecule has 5 heteroatoms. The highest BCUT2D eigenvalue weighted by molar-refractivity contribution is 6.30. The van der Waals surface area contributed by atoms with Crippen LogP contribution in [0.4, 0.5) is 10.3 Å². The highest BCUT2D eigenvalue weighted by Crippen LogP contribution is 2.41. The van der Waals surface area contributed by atoms with Gasteiger partial charge in [0.1, 0.15) is 5.82 Å². The second-order valence-electron chi connectivity index (χ2n) is 6.85. The Balaban J connectivity index is 1.65. The maximum Gasteiger partial charge on any atom is 0.204 e. The summed E-state index contributed by atoms with van der Waals surface area (Å²) in [4.78, 5) is 4.79. The summed E-state index contributed by atoms with van der Waals surface area (Å²) < 4.78 is 15.7. The van der Waals surface area contributed by atoms with Gasteiger partial charge in [0, 0.05) is 5.02 Å². The first-order chi connectivity index (χ1) is 13.2. The van der Waals surface area contributed by atoms with E-state index >= 15 is 0 Å². The van der Waals surface area contributed by atoms with Crippen LogP contribution in [0, 0.1) is 5.82 Å². The highest BCUT2D eigenvalue weighted by Gasteiger charge is 2.30. The molecular formula is C22H17ClFN3. The summed E-state index contributed by atoms with van der Waals surface area (Å²) in [5.74, 6) is 0.606. The number of nitrogens with one attached hydrogen (secondary N) is 1. The molecule has 1 aliphatic heterocycles.